The number of nitrogens with two attached hydrogens (primary N) is 1. The van der Waals surface area contributed by atoms with E-state index in [9.17, 15) is 0 Å². The van der Waals surface area contributed by atoms with Gasteiger partial charge in [-0.05, 0) is 0 Å². The Morgan fingerprint density at radius 2 is 2.31 bits per heavy atom. The standard InChI is InChI=1S/C8H13N5/c1-4-5-6-10-7(9)12-8(11-6)13(2)3/h5-6H,1H2,2-3H3,(H3,9,10,11,12). The summed E-state index contributed by atoms with van der Waals surface area (Å²) in [5, 5.41) is 2.84. The monoisotopic (exact) mass is 179 g/mol. The average Bonchev–Trinajstić information content (AvgIpc) is 2.03. The highest BCUT2D eigenvalue weighted by Gasteiger charge is 2.12. The first-order valence-electron chi connectivity index (χ1n) is 3.85. The number of nitrogens with zero attached hydrogens (tertiary/aromatic N) is 3. The maximum Gasteiger partial charge on any atom is 0.202 e. The molecule has 0 aromatic rings. The van der Waals surface area contributed by atoms with Gasteiger partial charge in [-0.3, -0.25) is 5.32 Å². The van der Waals surface area contributed by atoms with Crippen molar-refractivity contribution in [2.45, 2.75) is 6.17 Å². The number of rotatable bonds is 1. The van der Waals surface area contributed by atoms with E-state index < -0.39 is 0 Å². The summed E-state index contributed by atoms with van der Waals surface area (Å²) in [6, 6.07) is 0. The van der Waals surface area contributed by atoms with Crippen LogP contribution < -0.4 is 11.1 Å². The van der Waals surface area contributed by atoms with Crippen LogP contribution in [0.4, 0.5) is 0 Å². The molecule has 0 saturated heterocycles. The van der Waals surface area contributed by atoms with Gasteiger partial charge < -0.3 is 10.6 Å². The van der Waals surface area contributed by atoms with Crippen molar-refractivity contribution in [2.24, 2.45) is 15.7 Å². The summed E-state index contributed by atoms with van der Waals surface area (Å²) in [5.74, 6) is 1.04. The molecule has 5 heteroatoms. The van der Waals surface area contributed by atoms with Crippen molar-refractivity contribution >= 4 is 11.9 Å². The summed E-state index contributed by atoms with van der Waals surface area (Å²) in [5.41, 5.74) is 8.17. The molecule has 0 aliphatic carbocycles. The lowest BCUT2D eigenvalue weighted by Crippen LogP contribution is -2.47. The van der Waals surface area contributed by atoms with Crippen molar-refractivity contribution in [3.63, 3.8) is 0 Å². The zero-order valence-corrected chi connectivity index (χ0v) is 7.78. The molecule has 0 spiro atoms. The zero-order valence-electron chi connectivity index (χ0n) is 7.78. The molecule has 1 aliphatic rings. The van der Waals surface area contributed by atoms with Gasteiger partial charge in [-0.15, -0.1) is 5.73 Å². The highest BCUT2D eigenvalue weighted by atomic mass is 15.4. The number of hydrogen-bond donors (Lipinski definition) is 2. The largest absolute Gasteiger partial charge is 0.370 e. The second-order valence-electron chi connectivity index (χ2n) is 2.77. The minimum Gasteiger partial charge on any atom is -0.370 e. The van der Waals surface area contributed by atoms with Gasteiger partial charge in [-0.25, -0.2) is 9.98 Å². The van der Waals surface area contributed by atoms with Gasteiger partial charge in [0.15, 0.2) is 12.1 Å². The van der Waals surface area contributed by atoms with Crippen LogP contribution >= 0.6 is 0 Å². The van der Waals surface area contributed by atoms with E-state index >= 15 is 0 Å². The summed E-state index contributed by atoms with van der Waals surface area (Å²) in [7, 11) is 3.75. The molecule has 1 heterocycles. The third kappa shape index (κ3) is 2.35. The summed E-state index contributed by atoms with van der Waals surface area (Å²) >= 11 is 0. The van der Waals surface area contributed by atoms with Crippen LogP contribution in [0.5, 0.6) is 0 Å². The molecule has 0 fully saturated rings. The molecule has 0 amide bonds. The van der Waals surface area contributed by atoms with Crippen LogP contribution in [0.2, 0.25) is 0 Å². The van der Waals surface area contributed by atoms with Crippen LogP contribution in [-0.4, -0.2) is 37.1 Å². The van der Waals surface area contributed by atoms with Gasteiger partial charge in [0.2, 0.25) is 5.96 Å². The molecule has 0 aromatic heterocycles. The summed E-state index contributed by atoms with van der Waals surface area (Å²) in [6.07, 6.45) is 1.34. The average molecular weight is 179 g/mol. The maximum atomic E-state index is 5.55. The maximum absolute atomic E-state index is 5.55. The van der Waals surface area contributed by atoms with Gasteiger partial charge in [0.25, 0.3) is 0 Å². The lowest BCUT2D eigenvalue weighted by molar-refractivity contribution is 0.588. The topological polar surface area (TPSA) is 66.0 Å². The van der Waals surface area contributed by atoms with Crippen molar-refractivity contribution in [3.8, 4) is 0 Å². The van der Waals surface area contributed by atoms with E-state index in [0.29, 0.717) is 11.9 Å². The van der Waals surface area contributed by atoms with Crippen molar-refractivity contribution in [1.82, 2.24) is 10.2 Å². The van der Waals surface area contributed by atoms with Crippen LogP contribution in [-0.2, 0) is 0 Å². The Morgan fingerprint density at radius 3 is 2.85 bits per heavy atom. The van der Waals surface area contributed by atoms with Crippen LogP contribution in [0.15, 0.2) is 28.4 Å². The molecule has 0 saturated carbocycles. The molecule has 13 heavy (non-hydrogen) atoms. The zero-order chi connectivity index (χ0) is 9.84. The summed E-state index contributed by atoms with van der Waals surface area (Å²) in [4.78, 5) is 10.1. The predicted octanol–water partition coefficient (Wildman–Crippen LogP) is -0.511. The fraction of sp³-hybridized carbons (Fsp3) is 0.375. The number of hydrogen-bond acceptors (Lipinski definition) is 5. The third-order valence-electron chi connectivity index (χ3n) is 1.46. The smallest absolute Gasteiger partial charge is 0.202 e. The Bertz CT molecular complexity index is 296. The fourth-order valence-electron chi connectivity index (χ4n) is 0.883. The minimum atomic E-state index is -0.309. The summed E-state index contributed by atoms with van der Waals surface area (Å²) in [6.45, 7) is 3.46. The van der Waals surface area contributed by atoms with Crippen molar-refractivity contribution in [2.75, 3.05) is 14.1 Å². The van der Waals surface area contributed by atoms with E-state index in [0.717, 1.165) is 0 Å². The van der Waals surface area contributed by atoms with E-state index in [1.54, 1.807) is 6.08 Å². The molecule has 1 atom stereocenters. The van der Waals surface area contributed by atoms with Crippen LogP contribution in [0.3, 0.4) is 0 Å². The summed E-state index contributed by atoms with van der Waals surface area (Å²) < 4.78 is 0. The Labute approximate surface area is 77.3 Å². The van der Waals surface area contributed by atoms with Gasteiger partial charge in [-0.1, -0.05) is 6.58 Å². The van der Waals surface area contributed by atoms with Crippen LogP contribution in [0.1, 0.15) is 0 Å². The normalized spacial score (nSPS) is 20.6. The second kappa shape index (κ2) is 3.78. The molecule has 5 nitrogen and oxygen atoms in total. The van der Waals surface area contributed by atoms with Gasteiger partial charge in [0.05, 0.1) is 0 Å². The van der Waals surface area contributed by atoms with E-state index in [2.05, 4.69) is 27.6 Å². The lowest BCUT2D eigenvalue weighted by atomic mass is 10.4. The lowest BCUT2D eigenvalue weighted by Gasteiger charge is -2.21. The Morgan fingerprint density at radius 1 is 1.62 bits per heavy atom. The Kier molecular flexibility index (Phi) is 2.72. The fourth-order valence-corrected chi connectivity index (χ4v) is 0.883. The molecule has 0 bridgehead atoms. The van der Waals surface area contributed by atoms with E-state index in [4.69, 9.17) is 5.73 Å². The molecule has 0 aromatic carbocycles. The highest BCUT2D eigenvalue weighted by molar-refractivity contribution is 5.99. The number of aliphatic imine (C=N–C) groups is 2. The predicted molar refractivity (Wildman–Crippen MR) is 53.4 cm³/mol. The molecular formula is C8H13N5. The number of guanidine groups is 2. The van der Waals surface area contributed by atoms with E-state index in [1.165, 1.54) is 0 Å². The first-order valence-corrected chi connectivity index (χ1v) is 3.85. The van der Waals surface area contributed by atoms with Crippen LogP contribution in [0.25, 0.3) is 0 Å². The third-order valence-corrected chi connectivity index (χ3v) is 1.46. The van der Waals surface area contributed by atoms with Gasteiger partial charge in [-0.2, -0.15) is 0 Å². The minimum absolute atomic E-state index is 0.309. The van der Waals surface area contributed by atoms with Gasteiger partial charge in [0, 0.05) is 20.2 Å². The molecule has 1 unspecified atom stereocenters. The van der Waals surface area contributed by atoms with Crippen molar-refractivity contribution in [1.29, 1.82) is 0 Å². The molecule has 1 rings (SSSR count). The second-order valence-corrected chi connectivity index (χ2v) is 2.77. The molecule has 0 radical (unpaired) electrons. The Hall–Kier alpha value is -1.74. The highest BCUT2D eigenvalue weighted by Crippen LogP contribution is 2.00. The SMILES string of the molecule is C=C=CC1N=C(N)NC(N(C)C)=N1. The number of nitrogens with one attached hydrogen (secondary N) is 1. The molecule has 3 N–H and O–H groups in total. The van der Waals surface area contributed by atoms with Crippen molar-refractivity contribution in [3.05, 3.63) is 18.4 Å². The molecule has 1 aliphatic heterocycles. The van der Waals surface area contributed by atoms with Gasteiger partial charge >= 0.3 is 0 Å². The van der Waals surface area contributed by atoms with Gasteiger partial charge in [0.1, 0.15) is 0 Å². The van der Waals surface area contributed by atoms with Crippen LogP contribution in [0, 0.1) is 0 Å². The quantitative estimate of drug-likeness (QED) is 0.533. The Balaban J connectivity index is 2.85. The first kappa shape index (κ1) is 9.35. The molecule has 70 valence electrons. The van der Waals surface area contributed by atoms with Crippen molar-refractivity contribution < 1.29 is 0 Å². The van der Waals surface area contributed by atoms with E-state index in [1.807, 2.05) is 19.0 Å². The first-order chi connectivity index (χ1) is 6.13. The molecular weight excluding hydrogens is 166 g/mol. The van der Waals surface area contributed by atoms with E-state index in [-0.39, 0.29) is 6.17 Å².